The summed E-state index contributed by atoms with van der Waals surface area (Å²) in [5.74, 6) is 0.126. The van der Waals surface area contributed by atoms with Crippen LogP contribution in [0.5, 0.6) is 0 Å². The highest BCUT2D eigenvalue weighted by molar-refractivity contribution is 9.10. The van der Waals surface area contributed by atoms with Crippen molar-refractivity contribution in [2.75, 3.05) is 0 Å². The zero-order valence-corrected chi connectivity index (χ0v) is 10.4. The Kier molecular flexibility index (Phi) is 4.13. The van der Waals surface area contributed by atoms with Gasteiger partial charge in [0.2, 0.25) is 0 Å². The van der Waals surface area contributed by atoms with Gasteiger partial charge in [-0.1, -0.05) is 56.1 Å². The number of ketones is 1. The summed E-state index contributed by atoms with van der Waals surface area (Å²) in [5, 5.41) is 0.825. The molecule has 1 aromatic rings. The smallest absolute Gasteiger partial charge is 0.176 e. The van der Waals surface area contributed by atoms with Crippen molar-refractivity contribution in [1.82, 2.24) is 0 Å². The van der Waals surface area contributed by atoms with Gasteiger partial charge >= 0.3 is 0 Å². The SMILES string of the molecule is C[C@@H](Br)C(=O)c1ccc(CBr)cc1. The van der Waals surface area contributed by atoms with Gasteiger partial charge in [0.25, 0.3) is 0 Å². The molecular formula is C10H10Br2O. The molecule has 0 aromatic heterocycles. The summed E-state index contributed by atoms with van der Waals surface area (Å²) in [4.78, 5) is 11.4. The maximum absolute atomic E-state index is 11.5. The molecule has 1 aromatic carbocycles. The standard InChI is InChI=1S/C10H10Br2O/c1-7(12)10(13)9-4-2-8(6-11)3-5-9/h2-5,7H,6H2,1H3/t7-/m1/s1. The quantitative estimate of drug-likeness (QED) is 0.616. The Bertz CT molecular complexity index is 290. The average Bonchev–Trinajstić information content (AvgIpc) is 2.17. The van der Waals surface area contributed by atoms with Crippen LogP contribution in [0.4, 0.5) is 0 Å². The normalized spacial score (nSPS) is 12.5. The lowest BCUT2D eigenvalue weighted by Gasteiger charge is -2.02. The van der Waals surface area contributed by atoms with Crippen molar-refractivity contribution >= 4 is 37.6 Å². The summed E-state index contributed by atoms with van der Waals surface area (Å²) in [7, 11) is 0. The number of hydrogen-bond acceptors (Lipinski definition) is 1. The third-order valence-electron chi connectivity index (χ3n) is 1.75. The second-order valence-electron chi connectivity index (χ2n) is 2.81. The molecule has 1 nitrogen and oxygen atoms in total. The van der Waals surface area contributed by atoms with E-state index < -0.39 is 0 Å². The molecule has 70 valence electrons. The minimum absolute atomic E-state index is 0.109. The summed E-state index contributed by atoms with van der Waals surface area (Å²) in [6, 6.07) is 7.63. The van der Waals surface area contributed by atoms with Crippen molar-refractivity contribution in [3.63, 3.8) is 0 Å². The second-order valence-corrected chi connectivity index (χ2v) is 4.75. The first-order valence-corrected chi connectivity index (χ1v) is 6.02. The number of carbonyl (C=O) groups is 1. The second kappa shape index (κ2) is 4.91. The van der Waals surface area contributed by atoms with Crippen LogP contribution in [0.15, 0.2) is 24.3 Å². The predicted octanol–water partition coefficient (Wildman–Crippen LogP) is 3.55. The number of hydrogen-bond donors (Lipinski definition) is 0. The minimum Gasteiger partial charge on any atom is -0.293 e. The van der Waals surface area contributed by atoms with E-state index in [-0.39, 0.29) is 10.6 Å². The lowest BCUT2D eigenvalue weighted by atomic mass is 10.1. The van der Waals surface area contributed by atoms with Crippen molar-refractivity contribution in [1.29, 1.82) is 0 Å². The van der Waals surface area contributed by atoms with Gasteiger partial charge in [-0.3, -0.25) is 4.79 Å². The molecule has 0 aliphatic heterocycles. The first-order chi connectivity index (χ1) is 6.15. The summed E-state index contributed by atoms with van der Waals surface area (Å²) in [6.45, 7) is 1.83. The molecule has 0 spiro atoms. The highest BCUT2D eigenvalue weighted by Crippen LogP contribution is 2.12. The van der Waals surface area contributed by atoms with Gasteiger partial charge in [-0.25, -0.2) is 0 Å². The molecule has 0 saturated heterocycles. The van der Waals surface area contributed by atoms with Crippen molar-refractivity contribution in [3.8, 4) is 0 Å². The zero-order chi connectivity index (χ0) is 9.84. The Morgan fingerprint density at radius 3 is 2.31 bits per heavy atom. The molecule has 0 heterocycles. The van der Waals surface area contributed by atoms with Crippen LogP contribution in [0.2, 0.25) is 0 Å². The fourth-order valence-corrected chi connectivity index (χ4v) is 1.63. The van der Waals surface area contributed by atoms with E-state index in [0.29, 0.717) is 0 Å². The van der Waals surface area contributed by atoms with Crippen molar-refractivity contribution in [3.05, 3.63) is 35.4 Å². The number of carbonyl (C=O) groups excluding carboxylic acids is 1. The monoisotopic (exact) mass is 304 g/mol. The highest BCUT2D eigenvalue weighted by Gasteiger charge is 2.10. The number of alkyl halides is 2. The lowest BCUT2D eigenvalue weighted by molar-refractivity contribution is 0.0996. The van der Waals surface area contributed by atoms with Crippen molar-refractivity contribution < 1.29 is 4.79 Å². The molecule has 1 rings (SSSR count). The maximum Gasteiger partial charge on any atom is 0.176 e. The molecular weight excluding hydrogens is 296 g/mol. The van der Waals surface area contributed by atoms with Crippen LogP contribution in [0.25, 0.3) is 0 Å². The fraction of sp³-hybridized carbons (Fsp3) is 0.300. The van der Waals surface area contributed by atoms with Gasteiger partial charge in [0.1, 0.15) is 0 Å². The first kappa shape index (κ1) is 10.9. The molecule has 0 radical (unpaired) electrons. The van der Waals surface area contributed by atoms with E-state index in [1.807, 2.05) is 31.2 Å². The molecule has 0 aliphatic rings. The van der Waals surface area contributed by atoms with E-state index in [1.165, 1.54) is 5.56 Å². The lowest BCUT2D eigenvalue weighted by Crippen LogP contribution is -2.09. The molecule has 3 heteroatoms. The van der Waals surface area contributed by atoms with E-state index in [4.69, 9.17) is 0 Å². The summed E-state index contributed by atoms with van der Waals surface area (Å²) in [5.41, 5.74) is 1.94. The predicted molar refractivity (Wildman–Crippen MR) is 61.8 cm³/mol. The fourth-order valence-electron chi connectivity index (χ4n) is 0.988. The summed E-state index contributed by atoms with van der Waals surface area (Å²) >= 11 is 6.61. The third-order valence-corrected chi connectivity index (χ3v) is 2.82. The first-order valence-electron chi connectivity index (χ1n) is 3.98. The topological polar surface area (TPSA) is 17.1 Å². The van der Waals surface area contributed by atoms with Gasteiger partial charge in [0, 0.05) is 10.9 Å². The van der Waals surface area contributed by atoms with Gasteiger partial charge in [-0.05, 0) is 12.5 Å². The van der Waals surface area contributed by atoms with Gasteiger partial charge in [-0.2, -0.15) is 0 Å². The van der Waals surface area contributed by atoms with Gasteiger partial charge < -0.3 is 0 Å². The van der Waals surface area contributed by atoms with Crippen LogP contribution in [0.3, 0.4) is 0 Å². The Morgan fingerprint density at radius 2 is 1.92 bits per heavy atom. The number of halogens is 2. The zero-order valence-electron chi connectivity index (χ0n) is 7.26. The van der Waals surface area contributed by atoms with Crippen molar-refractivity contribution in [2.24, 2.45) is 0 Å². The van der Waals surface area contributed by atoms with Gasteiger partial charge in [0.05, 0.1) is 4.83 Å². The Balaban J connectivity index is 2.86. The average molecular weight is 306 g/mol. The molecule has 0 aliphatic carbocycles. The Labute approximate surface area is 94.8 Å². The molecule has 0 unspecified atom stereocenters. The van der Waals surface area contributed by atoms with Crippen LogP contribution >= 0.6 is 31.9 Å². The molecule has 0 saturated carbocycles. The van der Waals surface area contributed by atoms with E-state index in [9.17, 15) is 4.79 Å². The van der Waals surface area contributed by atoms with Crippen LogP contribution in [-0.2, 0) is 5.33 Å². The van der Waals surface area contributed by atoms with E-state index in [2.05, 4.69) is 31.9 Å². The van der Waals surface area contributed by atoms with Crippen LogP contribution in [0.1, 0.15) is 22.8 Å². The van der Waals surface area contributed by atoms with Crippen molar-refractivity contribution in [2.45, 2.75) is 17.1 Å². The number of Topliss-reactive ketones (excluding diaryl/α,β-unsaturated/α-hetero) is 1. The van der Waals surface area contributed by atoms with Crippen LogP contribution in [0, 0.1) is 0 Å². The summed E-state index contributed by atoms with van der Waals surface area (Å²) in [6.07, 6.45) is 0. The molecule has 1 atom stereocenters. The number of rotatable bonds is 3. The molecule has 0 fully saturated rings. The van der Waals surface area contributed by atoms with Gasteiger partial charge in [-0.15, -0.1) is 0 Å². The van der Waals surface area contributed by atoms with Crippen LogP contribution in [-0.4, -0.2) is 10.6 Å². The maximum atomic E-state index is 11.5. The Morgan fingerprint density at radius 1 is 1.38 bits per heavy atom. The minimum atomic E-state index is -0.109. The number of benzene rings is 1. The summed E-state index contributed by atoms with van der Waals surface area (Å²) < 4.78 is 0. The molecule has 0 amide bonds. The molecule has 13 heavy (non-hydrogen) atoms. The van der Waals surface area contributed by atoms with Gasteiger partial charge in [0.15, 0.2) is 5.78 Å². The third kappa shape index (κ3) is 2.92. The highest BCUT2D eigenvalue weighted by atomic mass is 79.9. The van der Waals surface area contributed by atoms with Crippen LogP contribution < -0.4 is 0 Å². The molecule has 0 N–H and O–H groups in total. The van der Waals surface area contributed by atoms with E-state index in [0.717, 1.165) is 10.9 Å². The van der Waals surface area contributed by atoms with E-state index in [1.54, 1.807) is 0 Å². The molecule has 0 bridgehead atoms. The van der Waals surface area contributed by atoms with E-state index >= 15 is 0 Å². The Hall–Kier alpha value is -0.150. The largest absolute Gasteiger partial charge is 0.293 e.